The third-order valence-electron chi connectivity index (χ3n) is 4.38. The van der Waals surface area contributed by atoms with Gasteiger partial charge in [0.25, 0.3) is 0 Å². The number of ether oxygens (including phenoxy) is 3. The van der Waals surface area contributed by atoms with Gasteiger partial charge in [-0.3, -0.25) is 0 Å². The zero-order valence-electron chi connectivity index (χ0n) is 19.0. The smallest absolute Gasteiger partial charge is 0.220 e. The minimum atomic E-state index is -0.359. The number of aryl methyl sites for hydroxylation is 2. The van der Waals surface area contributed by atoms with Gasteiger partial charge >= 0.3 is 0 Å². The highest BCUT2D eigenvalue weighted by Crippen LogP contribution is 2.35. The summed E-state index contributed by atoms with van der Waals surface area (Å²) in [5.41, 5.74) is 2.54. The van der Waals surface area contributed by atoms with Crippen LogP contribution in [0.2, 0.25) is 0 Å². The summed E-state index contributed by atoms with van der Waals surface area (Å²) in [7, 11) is 1.48. The van der Waals surface area contributed by atoms with Gasteiger partial charge in [0, 0.05) is 11.4 Å². The van der Waals surface area contributed by atoms with Crippen molar-refractivity contribution in [2.24, 2.45) is 0 Å². The highest BCUT2D eigenvalue weighted by atomic mass is 16.5. The number of hydrogen-bond donors (Lipinski definition) is 1. The van der Waals surface area contributed by atoms with E-state index in [0.29, 0.717) is 42.1 Å². The van der Waals surface area contributed by atoms with Crippen molar-refractivity contribution in [3.8, 4) is 40.5 Å². The van der Waals surface area contributed by atoms with E-state index in [4.69, 9.17) is 14.2 Å². The van der Waals surface area contributed by atoms with Gasteiger partial charge in [-0.05, 0) is 32.8 Å². The molecule has 0 aliphatic heterocycles. The van der Waals surface area contributed by atoms with Gasteiger partial charge in [0.2, 0.25) is 11.8 Å². The van der Waals surface area contributed by atoms with Crippen LogP contribution in [0.1, 0.15) is 43.6 Å². The summed E-state index contributed by atoms with van der Waals surface area (Å²) >= 11 is 0. The van der Waals surface area contributed by atoms with Crippen LogP contribution in [0.4, 0.5) is 0 Å². The van der Waals surface area contributed by atoms with Crippen LogP contribution in [-0.2, 0) is 6.61 Å². The second-order valence-electron chi connectivity index (χ2n) is 7.11. The highest BCUT2D eigenvalue weighted by molar-refractivity contribution is 5.69. The lowest BCUT2D eigenvalue weighted by atomic mass is 10.1. The van der Waals surface area contributed by atoms with E-state index in [1.165, 1.54) is 7.11 Å². The first-order chi connectivity index (χ1) is 15.5. The van der Waals surface area contributed by atoms with Crippen molar-refractivity contribution in [1.29, 1.82) is 0 Å². The van der Waals surface area contributed by atoms with Gasteiger partial charge in [0.15, 0.2) is 23.1 Å². The van der Waals surface area contributed by atoms with Gasteiger partial charge in [-0.15, -0.1) is 10.2 Å². The van der Waals surface area contributed by atoms with Gasteiger partial charge in [-0.2, -0.15) is 9.97 Å². The fourth-order valence-corrected chi connectivity index (χ4v) is 3.05. The molecule has 0 fully saturated rings. The molecule has 0 aromatic carbocycles. The summed E-state index contributed by atoms with van der Waals surface area (Å²) in [6, 6.07) is 3.49. The van der Waals surface area contributed by atoms with Crippen molar-refractivity contribution in [3.63, 3.8) is 0 Å². The van der Waals surface area contributed by atoms with Crippen LogP contribution in [0, 0.1) is 13.8 Å². The van der Waals surface area contributed by atoms with Gasteiger partial charge < -0.3 is 19.3 Å². The molecule has 10 nitrogen and oxygen atoms in total. The number of nitrogens with zero attached hydrogens (tertiary/aromatic N) is 6. The van der Waals surface area contributed by atoms with Crippen molar-refractivity contribution in [3.05, 3.63) is 29.1 Å². The number of hydrogen-bond acceptors (Lipinski definition) is 10. The van der Waals surface area contributed by atoms with Crippen molar-refractivity contribution < 1.29 is 19.3 Å². The number of aliphatic hydroxyl groups excluding tert-OH is 1. The molecule has 3 rings (SSSR count). The first-order valence-electron chi connectivity index (χ1n) is 10.5. The molecule has 0 saturated heterocycles. The van der Waals surface area contributed by atoms with Crippen LogP contribution >= 0.6 is 0 Å². The molecule has 3 aromatic heterocycles. The molecule has 3 heterocycles. The van der Waals surface area contributed by atoms with Gasteiger partial charge in [-0.1, -0.05) is 13.8 Å². The van der Waals surface area contributed by atoms with E-state index in [1.54, 1.807) is 6.07 Å². The molecular formula is C22H28N6O4. The van der Waals surface area contributed by atoms with E-state index in [9.17, 15) is 5.11 Å². The third kappa shape index (κ3) is 5.25. The summed E-state index contributed by atoms with van der Waals surface area (Å²) < 4.78 is 17.0. The Labute approximate surface area is 187 Å². The molecule has 1 N–H and O–H groups in total. The molecule has 0 bridgehead atoms. The van der Waals surface area contributed by atoms with Crippen LogP contribution in [-0.4, -0.2) is 55.6 Å². The van der Waals surface area contributed by atoms with Crippen molar-refractivity contribution in [2.45, 2.75) is 47.1 Å². The van der Waals surface area contributed by atoms with Crippen molar-refractivity contribution in [2.75, 3.05) is 20.3 Å². The van der Waals surface area contributed by atoms with Gasteiger partial charge in [0.1, 0.15) is 5.69 Å². The lowest BCUT2D eigenvalue weighted by molar-refractivity contribution is 0.273. The Balaban J connectivity index is 2.15. The topological polar surface area (TPSA) is 125 Å². The van der Waals surface area contributed by atoms with Crippen molar-refractivity contribution >= 4 is 0 Å². The van der Waals surface area contributed by atoms with Crippen LogP contribution in [0.15, 0.2) is 12.1 Å². The van der Waals surface area contributed by atoms with Crippen molar-refractivity contribution in [1.82, 2.24) is 30.1 Å². The van der Waals surface area contributed by atoms with Gasteiger partial charge in [0.05, 0.1) is 38.6 Å². The second kappa shape index (κ2) is 10.8. The molecule has 0 aliphatic rings. The number of methoxy groups -OCH3 is 1. The highest BCUT2D eigenvalue weighted by Gasteiger charge is 2.24. The molecule has 0 amide bonds. The maximum atomic E-state index is 10.1. The zero-order valence-corrected chi connectivity index (χ0v) is 19.0. The Morgan fingerprint density at radius 2 is 1.31 bits per heavy atom. The minimum Gasteiger partial charge on any atom is -0.494 e. The van der Waals surface area contributed by atoms with E-state index in [0.717, 1.165) is 24.2 Å². The van der Waals surface area contributed by atoms with Gasteiger partial charge in [-0.25, -0.2) is 9.97 Å². The normalized spacial score (nSPS) is 10.8. The quantitative estimate of drug-likeness (QED) is 0.502. The Bertz CT molecular complexity index is 1030. The fraction of sp³-hybridized carbons (Fsp3) is 0.455. The molecule has 0 spiro atoms. The zero-order chi connectivity index (χ0) is 23.1. The summed E-state index contributed by atoms with van der Waals surface area (Å²) in [6.45, 7) is 8.38. The average molecular weight is 441 g/mol. The average Bonchev–Trinajstić information content (AvgIpc) is 2.79. The Morgan fingerprint density at radius 3 is 1.81 bits per heavy atom. The predicted molar refractivity (Wildman–Crippen MR) is 118 cm³/mol. The molecule has 10 heteroatoms. The van der Waals surface area contributed by atoms with E-state index >= 15 is 0 Å². The Kier molecular flexibility index (Phi) is 7.82. The first-order valence-corrected chi connectivity index (χ1v) is 10.5. The van der Waals surface area contributed by atoms with E-state index < -0.39 is 0 Å². The van der Waals surface area contributed by atoms with Crippen LogP contribution < -0.4 is 14.2 Å². The Morgan fingerprint density at radius 1 is 0.781 bits per heavy atom. The summed E-state index contributed by atoms with van der Waals surface area (Å²) in [4.78, 5) is 17.8. The SMILES string of the molecule is CCCOc1cc(OCCC)nc(-c2nnc(-c3nc(C)cc(C)n3)c(CO)c2OC)n1. The molecule has 0 unspecified atom stereocenters. The summed E-state index contributed by atoms with van der Waals surface area (Å²) in [5.74, 6) is 1.58. The Hall–Kier alpha value is -3.40. The molecule has 3 aromatic rings. The lowest BCUT2D eigenvalue weighted by Gasteiger charge is -2.15. The molecule has 0 aliphatic carbocycles. The van der Waals surface area contributed by atoms with Crippen LogP contribution in [0.5, 0.6) is 17.5 Å². The minimum absolute atomic E-state index is 0.219. The predicted octanol–water partition coefficient (Wildman–Crippen LogP) is 3.09. The van der Waals surface area contributed by atoms with E-state index in [1.807, 2.05) is 33.8 Å². The maximum absolute atomic E-state index is 10.1. The lowest BCUT2D eigenvalue weighted by Crippen LogP contribution is -2.09. The molecule has 0 radical (unpaired) electrons. The molecule has 0 saturated carbocycles. The number of rotatable bonds is 10. The third-order valence-corrected chi connectivity index (χ3v) is 4.38. The fourth-order valence-electron chi connectivity index (χ4n) is 3.05. The number of aromatic nitrogens is 6. The summed E-state index contributed by atoms with van der Waals surface area (Å²) in [6.07, 6.45) is 1.65. The molecule has 170 valence electrons. The largest absolute Gasteiger partial charge is 0.494 e. The molecular weight excluding hydrogens is 412 g/mol. The van der Waals surface area contributed by atoms with E-state index in [2.05, 4.69) is 30.1 Å². The monoisotopic (exact) mass is 440 g/mol. The number of aliphatic hydroxyl groups is 1. The first kappa shape index (κ1) is 23.3. The van der Waals surface area contributed by atoms with Crippen LogP contribution in [0.25, 0.3) is 23.0 Å². The van der Waals surface area contributed by atoms with Crippen LogP contribution in [0.3, 0.4) is 0 Å². The molecule has 0 atom stereocenters. The maximum Gasteiger partial charge on any atom is 0.220 e. The van der Waals surface area contributed by atoms with E-state index in [-0.39, 0.29) is 23.9 Å². The standard InChI is InChI=1S/C22H28N6O4/c1-6-8-31-16-11-17(32-9-7-2)26-22(25-16)19-20(30-5)15(12-29)18(27-28-19)21-23-13(3)10-14(4)24-21/h10-11,29H,6-9,12H2,1-5H3. The molecule has 32 heavy (non-hydrogen) atoms. The second-order valence-corrected chi connectivity index (χ2v) is 7.11. The summed E-state index contributed by atoms with van der Waals surface area (Å²) in [5, 5.41) is 18.7.